The van der Waals surface area contributed by atoms with Crippen molar-refractivity contribution in [2.75, 3.05) is 12.9 Å². The molecule has 2 rings (SSSR count). The average molecular weight is 376 g/mol. The summed E-state index contributed by atoms with van der Waals surface area (Å²) < 4.78 is 6.63. The Labute approximate surface area is 157 Å². The summed E-state index contributed by atoms with van der Waals surface area (Å²) in [7, 11) is 3.18. The maximum Gasteiger partial charge on any atom is 0.328 e. The van der Waals surface area contributed by atoms with E-state index in [0.29, 0.717) is 5.16 Å². The third kappa shape index (κ3) is 4.85. The summed E-state index contributed by atoms with van der Waals surface area (Å²) in [5.74, 6) is 0.208. The molecule has 8 heteroatoms. The van der Waals surface area contributed by atoms with Crippen LogP contribution in [0.4, 0.5) is 0 Å². The van der Waals surface area contributed by atoms with Gasteiger partial charge in [0.15, 0.2) is 11.0 Å². The van der Waals surface area contributed by atoms with E-state index in [4.69, 9.17) is 4.74 Å². The Bertz CT molecular complexity index is 748. The zero-order chi connectivity index (χ0) is 19.1. The molecule has 0 spiro atoms. The smallest absolute Gasteiger partial charge is 0.328 e. The van der Waals surface area contributed by atoms with Crippen LogP contribution in [0.3, 0.4) is 0 Å². The number of aromatic nitrogens is 3. The van der Waals surface area contributed by atoms with Crippen LogP contribution in [-0.2, 0) is 21.4 Å². The summed E-state index contributed by atoms with van der Waals surface area (Å²) in [4.78, 5) is 24.1. The maximum atomic E-state index is 12.3. The van der Waals surface area contributed by atoms with Crippen molar-refractivity contribution in [3.05, 3.63) is 30.3 Å². The zero-order valence-corrected chi connectivity index (χ0v) is 16.2. The molecule has 1 aromatic heterocycles. The summed E-state index contributed by atoms with van der Waals surface area (Å²) in [6.07, 6.45) is 0.761. The molecule has 1 amide bonds. The fraction of sp³-hybridized carbons (Fsp3) is 0.444. The second-order valence-corrected chi connectivity index (χ2v) is 6.92. The van der Waals surface area contributed by atoms with Crippen molar-refractivity contribution >= 4 is 23.6 Å². The molecule has 0 saturated carbocycles. The van der Waals surface area contributed by atoms with Crippen LogP contribution < -0.4 is 5.32 Å². The average Bonchev–Trinajstić information content (AvgIpc) is 3.04. The minimum atomic E-state index is -0.641. The molecule has 2 aromatic rings. The number of methoxy groups -OCH3 is 1. The summed E-state index contributed by atoms with van der Waals surface area (Å²) in [6, 6.07) is 9.08. The first-order chi connectivity index (χ1) is 12.5. The number of amides is 1. The topological polar surface area (TPSA) is 86.1 Å². The van der Waals surface area contributed by atoms with Crippen molar-refractivity contribution in [1.29, 1.82) is 0 Å². The minimum absolute atomic E-state index is 0.00379. The molecule has 0 fully saturated rings. The molecule has 0 aliphatic heterocycles. The Morgan fingerprint density at radius 2 is 1.96 bits per heavy atom. The molecular formula is C18H24N4O3S. The Balaban J connectivity index is 1.99. The van der Waals surface area contributed by atoms with E-state index in [1.165, 1.54) is 18.9 Å². The van der Waals surface area contributed by atoms with Gasteiger partial charge in [-0.3, -0.25) is 4.79 Å². The monoisotopic (exact) mass is 376 g/mol. The highest BCUT2D eigenvalue weighted by atomic mass is 32.2. The molecule has 7 nitrogen and oxygen atoms in total. The third-order valence-electron chi connectivity index (χ3n) is 4.18. The number of thioether (sulfide) groups is 1. The lowest BCUT2D eigenvalue weighted by Gasteiger charge is -2.21. The van der Waals surface area contributed by atoms with Crippen molar-refractivity contribution < 1.29 is 14.3 Å². The van der Waals surface area contributed by atoms with E-state index in [0.717, 1.165) is 17.8 Å². The molecule has 1 heterocycles. The molecule has 0 saturated heterocycles. The predicted molar refractivity (Wildman–Crippen MR) is 101 cm³/mol. The summed E-state index contributed by atoms with van der Waals surface area (Å²) in [6.45, 7) is 3.87. The first-order valence-electron chi connectivity index (χ1n) is 8.42. The Kier molecular flexibility index (Phi) is 7.20. The van der Waals surface area contributed by atoms with Crippen molar-refractivity contribution in [3.63, 3.8) is 0 Å². The van der Waals surface area contributed by atoms with Crippen LogP contribution in [0.15, 0.2) is 35.5 Å². The van der Waals surface area contributed by atoms with Gasteiger partial charge in [-0.25, -0.2) is 4.79 Å². The van der Waals surface area contributed by atoms with E-state index in [1.54, 1.807) is 0 Å². The van der Waals surface area contributed by atoms with Gasteiger partial charge >= 0.3 is 5.97 Å². The van der Waals surface area contributed by atoms with Gasteiger partial charge < -0.3 is 14.6 Å². The van der Waals surface area contributed by atoms with Crippen molar-refractivity contribution in [3.8, 4) is 11.4 Å². The molecule has 2 unspecified atom stereocenters. The molecule has 2 atom stereocenters. The van der Waals surface area contributed by atoms with Gasteiger partial charge in [0.05, 0.1) is 12.9 Å². The van der Waals surface area contributed by atoms with E-state index < -0.39 is 12.0 Å². The number of carbonyl (C=O) groups is 2. The van der Waals surface area contributed by atoms with Crippen LogP contribution in [0.2, 0.25) is 0 Å². The normalized spacial score (nSPS) is 13.1. The van der Waals surface area contributed by atoms with Crippen LogP contribution in [0, 0.1) is 5.92 Å². The first-order valence-corrected chi connectivity index (χ1v) is 9.41. The number of nitrogens with one attached hydrogen (secondary N) is 1. The lowest BCUT2D eigenvalue weighted by atomic mass is 9.99. The standard InChI is InChI=1S/C18H24N4O3S/c1-5-12(2)15(17(24)25-4)19-14(23)11-26-18-21-20-16(22(18)3)13-9-7-6-8-10-13/h6-10,12,15H,5,11H2,1-4H3,(H,19,23). The highest BCUT2D eigenvalue weighted by Gasteiger charge is 2.26. The number of hydrogen-bond acceptors (Lipinski definition) is 6. The second-order valence-electron chi connectivity index (χ2n) is 5.97. The Hall–Kier alpha value is -2.35. The lowest BCUT2D eigenvalue weighted by Crippen LogP contribution is -2.46. The summed E-state index contributed by atoms with van der Waals surface area (Å²) in [5.41, 5.74) is 0.960. The highest BCUT2D eigenvalue weighted by molar-refractivity contribution is 7.99. The highest BCUT2D eigenvalue weighted by Crippen LogP contribution is 2.22. The van der Waals surface area contributed by atoms with Crippen molar-refractivity contribution in [1.82, 2.24) is 20.1 Å². The van der Waals surface area contributed by atoms with Crippen LogP contribution in [-0.4, -0.2) is 45.5 Å². The van der Waals surface area contributed by atoms with Gasteiger partial charge in [-0.2, -0.15) is 0 Å². The summed E-state index contributed by atoms with van der Waals surface area (Å²) in [5, 5.41) is 11.7. The fourth-order valence-corrected chi connectivity index (χ4v) is 3.14. The van der Waals surface area contributed by atoms with Gasteiger partial charge in [0.25, 0.3) is 0 Å². The van der Waals surface area contributed by atoms with Gasteiger partial charge in [0.2, 0.25) is 5.91 Å². The minimum Gasteiger partial charge on any atom is -0.467 e. The molecule has 140 valence electrons. The van der Waals surface area contributed by atoms with E-state index in [9.17, 15) is 9.59 Å². The molecule has 1 aromatic carbocycles. The SMILES string of the molecule is CCC(C)C(NC(=O)CSc1nnc(-c2ccccc2)n1C)C(=O)OC. The van der Waals surface area contributed by atoms with Gasteiger partial charge in [0.1, 0.15) is 6.04 Å². The fourth-order valence-electron chi connectivity index (χ4n) is 2.42. The van der Waals surface area contributed by atoms with Crippen molar-refractivity contribution in [2.24, 2.45) is 13.0 Å². The number of rotatable bonds is 8. The van der Waals surface area contributed by atoms with Crippen LogP contribution in [0.5, 0.6) is 0 Å². The van der Waals surface area contributed by atoms with Crippen LogP contribution in [0.25, 0.3) is 11.4 Å². The molecule has 0 aliphatic carbocycles. The molecular weight excluding hydrogens is 352 g/mol. The first kappa shape index (κ1) is 20.0. The molecule has 0 bridgehead atoms. The third-order valence-corrected chi connectivity index (χ3v) is 5.20. The van der Waals surface area contributed by atoms with Crippen molar-refractivity contribution in [2.45, 2.75) is 31.5 Å². The van der Waals surface area contributed by atoms with Crippen LogP contribution in [0.1, 0.15) is 20.3 Å². The second kappa shape index (κ2) is 9.38. The number of nitrogens with zero attached hydrogens (tertiary/aromatic N) is 3. The van der Waals surface area contributed by atoms with E-state index in [2.05, 4.69) is 15.5 Å². The lowest BCUT2D eigenvalue weighted by molar-refractivity contribution is -0.146. The molecule has 0 radical (unpaired) electrons. The maximum absolute atomic E-state index is 12.3. The molecule has 1 N–H and O–H groups in total. The van der Waals surface area contributed by atoms with Gasteiger partial charge in [-0.1, -0.05) is 62.4 Å². The van der Waals surface area contributed by atoms with Crippen LogP contribution >= 0.6 is 11.8 Å². The zero-order valence-electron chi connectivity index (χ0n) is 15.4. The van der Waals surface area contributed by atoms with E-state index in [1.807, 2.05) is 55.8 Å². The van der Waals surface area contributed by atoms with Gasteiger partial charge in [0, 0.05) is 12.6 Å². The summed E-state index contributed by atoms with van der Waals surface area (Å²) >= 11 is 1.28. The van der Waals surface area contributed by atoms with Gasteiger partial charge in [-0.15, -0.1) is 10.2 Å². The number of ether oxygens (including phenoxy) is 1. The Morgan fingerprint density at radius 3 is 2.58 bits per heavy atom. The van der Waals surface area contributed by atoms with E-state index in [-0.39, 0.29) is 17.6 Å². The number of carbonyl (C=O) groups excluding carboxylic acids is 2. The number of hydrogen-bond donors (Lipinski definition) is 1. The number of esters is 1. The van der Waals surface area contributed by atoms with Gasteiger partial charge in [-0.05, 0) is 5.92 Å². The Morgan fingerprint density at radius 1 is 1.27 bits per heavy atom. The largest absolute Gasteiger partial charge is 0.467 e. The predicted octanol–water partition coefficient (Wildman–Crippen LogP) is 2.28. The molecule has 26 heavy (non-hydrogen) atoms. The molecule has 0 aliphatic rings. The van der Waals surface area contributed by atoms with E-state index >= 15 is 0 Å². The quantitative estimate of drug-likeness (QED) is 0.562. The number of benzene rings is 1.